The quantitative estimate of drug-likeness (QED) is 0.446. The second-order valence-electron chi connectivity index (χ2n) is 8.17. The predicted molar refractivity (Wildman–Crippen MR) is 117 cm³/mol. The lowest BCUT2D eigenvalue weighted by Crippen LogP contribution is -2.13. The van der Waals surface area contributed by atoms with E-state index in [-0.39, 0.29) is 34.6 Å². The number of hydrogen-bond acceptors (Lipinski definition) is 6. The molecule has 0 saturated carbocycles. The smallest absolute Gasteiger partial charge is 0.262 e. The van der Waals surface area contributed by atoms with Crippen LogP contribution in [0.1, 0.15) is 32.2 Å². The monoisotopic (exact) mass is 445 g/mol. The standard InChI is InChI=1S/C23H25ClFN3O3/c1-23(2,3)11-19-16(17-10-15(29-4)7-9-18(17)25)8-6-14(28-19)12-31-22-20(30-5)21(24)26-13-27-22/h6-10,13H,11-12H2,1-5H3. The summed E-state index contributed by atoms with van der Waals surface area (Å²) in [7, 11) is 3.02. The maximum Gasteiger partial charge on any atom is 0.262 e. The van der Waals surface area contributed by atoms with Crippen molar-refractivity contribution in [2.75, 3.05) is 14.2 Å². The summed E-state index contributed by atoms with van der Waals surface area (Å²) in [5, 5.41) is 0.165. The number of methoxy groups -OCH3 is 2. The van der Waals surface area contributed by atoms with Crippen LogP contribution < -0.4 is 14.2 Å². The molecular weight excluding hydrogens is 421 g/mol. The minimum atomic E-state index is -0.331. The highest BCUT2D eigenvalue weighted by molar-refractivity contribution is 6.31. The van der Waals surface area contributed by atoms with Gasteiger partial charge in [-0.05, 0) is 36.1 Å². The fourth-order valence-electron chi connectivity index (χ4n) is 3.10. The molecule has 0 spiro atoms. The average Bonchev–Trinajstić information content (AvgIpc) is 2.72. The number of rotatable bonds is 7. The first-order chi connectivity index (χ1) is 14.7. The summed E-state index contributed by atoms with van der Waals surface area (Å²) in [6.07, 6.45) is 1.95. The van der Waals surface area contributed by atoms with E-state index < -0.39 is 0 Å². The zero-order valence-corrected chi connectivity index (χ0v) is 19.0. The molecule has 1 aromatic carbocycles. The Bertz CT molecular complexity index is 1070. The zero-order chi connectivity index (χ0) is 22.6. The lowest BCUT2D eigenvalue weighted by molar-refractivity contribution is 0.267. The van der Waals surface area contributed by atoms with Gasteiger partial charge in [-0.1, -0.05) is 38.4 Å². The SMILES string of the molecule is COc1ccc(F)c(-c2ccc(COc3ncnc(Cl)c3OC)nc2CC(C)(C)C)c1. The Hall–Kier alpha value is -2.93. The first kappa shape index (κ1) is 22.7. The highest BCUT2D eigenvalue weighted by Crippen LogP contribution is 2.34. The van der Waals surface area contributed by atoms with Crippen molar-refractivity contribution < 1.29 is 18.6 Å². The topological polar surface area (TPSA) is 66.4 Å². The third-order valence-electron chi connectivity index (χ3n) is 4.48. The summed E-state index contributed by atoms with van der Waals surface area (Å²) in [4.78, 5) is 12.7. The van der Waals surface area contributed by atoms with Gasteiger partial charge in [-0.2, -0.15) is 4.98 Å². The van der Waals surface area contributed by atoms with Crippen molar-refractivity contribution in [3.63, 3.8) is 0 Å². The Morgan fingerprint density at radius 3 is 2.45 bits per heavy atom. The normalized spacial score (nSPS) is 11.3. The predicted octanol–water partition coefficient (Wildman–Crippen LogP) is 5.52. The molecule has 0 aliphatic heterocycles. The third kappa shape index (κ3) is 5.61. The van der Waals surface area contributed by atoms with Crippen molar-refractivity contribution in [3.05, 3.63) is 59.0 Å². The van der Waals surface area contributed by atoms with Gasteiger partial charge in [-0.15, -0.1) is 0 Å². The fourth-order valence-corrected chi connectivity index (χ4v) is 3.30. The Morgan fingerprint density at radius 2 is 1.77 bits per heavy atom. The van der Waals surface area contributed by atoms with E-state index in [2.05, 4.69) is 30.7 Å². The number of aromatic nitrogens is 3. The van der Waals surface area contributed by atoms with E-state index in [1.54, 1.807) is 25.3 Å². The number of hydrogen-bond donors (Lipinski definition) is 0. The van der Waals surface area contributed by atoms with Crippen molar-refractivity contribution in [2.24, 2.45) is 5.41 Å². The molecule has 0 amide bonds. The minimum Gasteiger partial charge on any atom is -0.497 e. The molecule has 0 unspecified atom stereocenters. The van der Waals surface area contributed by atoms with Crippen molar-refractivity contribution in [2.45, 2.75) is 33.8 Å². The van der Waals surface area contributed by atoms with Gasteiger partial charge < -0.3 is 14.2 Å². The number of halogens is 2. The van der Waals surface area contributed by atoms with Crippen LogP contribution in [0, 0.1) is 11.2 Å². The molecule has 3 aromatic rings. The number of nitrogens with zero attached hydrogens (tertiary/aromatic N) is 3. The van der Waals surface area contributed by atoms with Gasteiger partial charge in [0.1, 0.15) is 24.5 Å². The number of ether oxygens (including phenoxy) is 3. The van der Waals surface area contributed by atoms with Crippen LogP contribution in [0.2, 0.25) is 5.15 Å². The van der Waals surface area contributed by atoms with Crippen molar-refractivity contribution >= 4 is 11.6 Å². The van der Waals surface area contributed by atoms with Crippen LogP contribution in [-0.2, 0) is 13.0 Å². The highest BCUT2D eigenvalue weighted by atomic mass is 35.5. The van der Waals surface area contributed by atoms with E-state index >= 15 is 0 Å². The Kier molecular flexibility index (Phi) is 6.95. The Balaban J connectivity index is 1.96. The Morgan fingerprint density at radius 1 is 1.00 bits per heavy atom. The van der Waals surface area contributed by atoms with Crippen LogP contribution in [-0.4, -0.2) is 29.2 Å². The average molecular weight is 446 g/mol. The molecule has 0 bridgehead atoms. The van der Waals surface area contributed by atoms with Gasteiger partial charge >= 0.3 is 0 Å². The van der Waals surface area contributed by atoms with Crippen LogP contribution >= 0.6 is 11.6 Å². The van der Waals surface area contributed by atoms with Gasteiger partial charge in [0.05, 0.1) is 19.9 Å². The van der Waals surface area contributed by atoms with E-state index in [9.17, 15) is 4.39 Å². The van der Waals surface area contributed by atoms with E-state index in [1.807, 2.05) is 6.07 Å². The van der Waals surface area contributed by atoms with Gasteiger partial charge in [0.25, 0.3) is 5.88 Å². The molecule has 6 nitrogen and oxygen atoms in total. The third-order valence-corrected chi connectivity index (χ3v) is 4.75. The lowest BCUT2D eigenvalue weighted by Gasteiger charge is -2.21. The number of pyridine rings is 1. The number of benzene rings is 1. The zero-order valence-electron chi connectivity index (χ0n) is 18.2. The van der Waals surface area contributed by atoms with Gasteiger partial charge in [0.15, 0.2) is 5.15 Å². The molecule has 0 saturated heterocycles. The van der Waals surface area contributed by atoms with Gasteiger partial charge in [-0.3, -0.25) is 4.98 Å². The molecular formula is C23H25ClFN3O3. The van der Waals surface area contributed by atoms with E-state index in [0.717, 1.165) is 11.3 Å². The molecule has 8 heteroatoms. The Labute approximate surface area is 186 Å². The second kappa shape index (κ2) is 9.47. The molecule has 31 heavy (non-hydrogen) atoms. The highest BCUT2D eigenvalue weighted by Gasteiger charge is 2.20. The molecule has 0 fully saturated rings. The molecule has 0 aliphatic carbocycles. The van der Waals surface area contributed by atoms with E-state index in [1.165, 1.54) is 19.5 Å². The van der Waals surface area contributed by atoms with Gasteiger partial charge in [0.2, 0.25) is 5.75 Å². The van der Waals surface area contributed by atoms with Crippen LogP contribution in [0.15, 0.2) is 36.7 Å². The summed E-state index contributed by atoms with van der Waals surface area (Å²) in [6.45, 7) is 6.47. The maximum atomic E-state index is 14.6. The van der Waals surface area contributed by atoms with Crippen LogP contribution in [0.4, 0.5) is 4.39 Å². The maximum absolute atomic E-state index is 14.6. The first-order valence-electron chi connectivity index (χ1n) is 9.72. The molecule has 2 aromatic heterocycles. The van der Waals surface area contributed by atoms with Crippen LogP contribution in [0.3, 0.4) is 0 Å². The van der Waals surface area contributed by atoms with Crippen molar-refractivity contribution in [3.8, 4) is 28.5 Å². The molecule has 0 radical (unpaired) electrons. The van der Waals surface area contributed by atoms with Gasteiger partial charge in [-0.25, -0.2) is 9.37 Å². The van der Waals surface area contributed by atoms with E-state index in [4.69, 9.17) is 30.8 Å². The lowest BCUT2D eigenvalue weighted by atomic mass is 9.87. The summed E-state index contributed by atoms with van der Waals surface area (Å²) >= 11 is 6.02. The molecule has 0 aliphatic rings. The van der Waals surface area contributed by atoms with Crippen molar-refractivity contribution in [1.29, 1.82) is 0 Å². The van der Waals surface area contributed by atoms with Crippen LogP contribution in [0.25, 0.3) is 11.1 Å². The molecule has 0 N–H and O–H groups in total. The van der Waals surface area contributed by atoms with Gasteiger partial charge in [0, 0.05) is 16.8 Å². The summed E-state index contributed by atoms with van der Waals surface area (Å²) in [5.74, 6) is 0.735. The minimum absolute atomic E-state index is 0.0556. The molecule has 3 rings (SSSR count). The molecule has 2 heterocycles. The van der Waals surface area contributed by atoms with E-state index in [0.29, 0.717) is 23.4 Å². The summed E-state index contributed by atoms with van der Waals surface area (Å²) in [5.41, 5.74) is 2.55. The molecule has 164 valence electrons. The molecule has 0 atom stereocenters. The summed E-state index contributed by atoms with van der Waals surface area (Å²) in [6, 6.07) is 8.34. The fraction of sp³-hybridized carbons (Fsp3) is 0.348. The largest absolute Gasteiger partial charge is 0.497 e. The van der Waals surface area contributed by atoms with Crippen LogP contribution in [0.5, 0.6) is 17.4 Å². The van der Waals surface area contributed by atoms with Crippen molar-refractivity contribution in [1.82, 2.24) is 15.0 Å². The second-order valence-corrected chi connectivity index (χ2v) is 8.53. The summed E-state index contributed by atoms with van der Waals surface area (Å²) < 4.78 is 30.9. The first-order valence-corrected chi connectivity index (χ1v) is 10.1.